The molecule has 5 nitrogen and oxygen atoms in total. The van der Waals surface area contributed by atoms with E-state index in [1.54, 1.807) is 33.0 Å². The number of nitrogens with zero attached hydrogens (tertiary/aromatic N) is 3. The van der Waals surface area contributed by atoms with E-state index in [2.05, 4.69) is 4.98 Å². The smallest absolute Gasteiger partial charge is 0.232 e. The van der Waals surface area contributed by atoms with Crippen LogP contribution in [0.3, 0.4) is 0 Å². The summed E-state index contributed by atoms with van der Waals surface area (Å²) in [5.41, 5.74) is 2.00. The Morgan fingerprint density at radius 3 is 2.58 bits per heavy atom. The van der Waals surface area contributed by atoms with Crippen molar-refractivity contribution in [2.45, 2.75) is 20.1 Å². The number of hydrogen-bond donors (Lipinski definition) is 1. The first-order valence-corrected chi connectivity index (χ1v) is 7.59. The second-order valence-electron chi connectivity index (χ2n) is 5.31. The van der Waals surface area contributed by atoms with E-state index in [1.807, 2.05) is 6.07 Å². The summed E-state index contributed by atoms with van der Waals surface area (Å²) in [4.78, 5) is 5.69. The molecule has 2 rings (SSSR count). The molecule has 0 spiro atoms. The van der Waals surface area contributed by atoms with Gasteiger partial charge in [-0.25, -0.2) is 9.37 Å². The van der Waals surface area contributed by atoms with Crippen LogP contribution in [0, 0.1) is 31.0 Å². The number of pyridine rings is 1. The molecule has 0 radical (unpaired) electrons. The zero-order valence-electron chi connectivity index (χ0n) is 13.5. The molecule has 0 saturated carbocycles. The van der Waals surface area contributed by atoms with Crippen molar-refractivity contribution in [1.82, 2.24) is 4.98 Å². The van der Waals surface area contributed by atoms with E-state index in [0.29, 0.717) is 22.0 Å². The van der Waals surface area contributed by atoms with Crippen LogP contribution in [0.25, 0.3) is 0 Å². The van der Waals surface area contributed by atoms with Gasteiger partial charge in [-0.2, -0.15) is 5.26 Å². The lowest BCUT2D eigenvalue weighted by Crippen LogP contribution is -2.36. The number of hydrogen-bond acceptors (Lipinski definition) is 5. The average Bonchev–Trinajstić information content (AvgIpc) is 2.57. The molecule has 7 heteroatoms. The molecule has 1 unspecified atom stereocenters. The third-order valence-corrected chi connectivity index (χ3v) is 4.22. The summed E-state index contributed by atoms with van der Waals surface area (Å²) < 4.78 is 18.5. The predicted molar refractivity (Wildman–Crippen MR) is 89.7 cm³/mol. The molecule has 126 valence electrons. The van der Waals surface area contributed by atoms with Crippen LogP contribution in [-0.2, 0) is 0 Å². The highest BCUT2D eigenvalue weighted by molar-refractivity contribution is 6.32. The Morgan fingerprint density at radius 1 is 1.38 bits per heavy atom. The van der Waals surface area contributed by atoms with Crippen LogP contribution >= 0.6 is 11.6 Å². The minimum absolute atomic E-state index is 0.115. The molecule has 0 saturated heterocycles. The highest BCUT2D eigenvalue weighted by Crippen LogP contribution is 2.28. The topological polar surface area (TPSA) is 69.4 Å². The van der Waals surface area contributed by atoms with Gasteiger partial charge in [-0.1, -0.05) is 11.6 Å². The number of aliphatic hydroxyl groups is 1. The molecule has 1 aromatic carbocycles. The molecule has 24 heavy (non-hydrogen) atoms. The van der Waals surface area contributed by atoms with Gasteiger partial charge in [0.05, 0.1) is 10.7 Å². The number of nitriles is 1. The van der Waals surface area contributed by atoms with E-state index in [4.69, 9.17) is 16.3 Å². The fraction of sp³-hybridized carbons (Fsp3) is 0.294. The van der Waals surface area contributed by atoms with Crippen molar-refractivity contribution in [1.29, 1.82) is 5.26 Å². The molecule has 0 aliphatic heterocycles. The number of benzene rings is 1. The summed E-state index contributed by atoms with van der Waals surface area (Å²) in [7, 11) is 1.65. The van der Waals surface area contributed by atoms with Crippen LogP contribution in [0.15, 0.2) is 24.3 Å². The maximum absolute atomic E-state index is 13.0. The fourth-order valence-electron chi connectivity index (χ4n) is 2.15. The van der Waals surface area contributed by atoms with Crippen LogP contribution in [0.5, 0.6) is 5.88 Å². The summed E-state index contributed by atoms with van der Waals surface area (Å²) >= 11 is 6.08. The second-order valence-corrected chi connectivity index (χ2v) is 5.69. The largest absolute Gasteiger partial charge is 0.472 e. The first-order chi connectivity index (χ1) is 11.3. The summed E-state index contributed by atoms with van der Waals surface area (Å²) in [6.45, 7) is 3.31. The third kappa shape index (κ3) is 3.75. The van der Waals surface area contributed by atoms with Crippen molar-refractivity contribution in [3.05, 3.63) is 51.9 Å². The number of aromatic nitrogens is 1. The van der Waals surface area contributed by atoms with Gasteiger partial charge in [0.2, 0.25) is 5.88 Å². The highest BCUT2D eigenvalue weighted by atomic mass is 35.5. The van der Waals surface area contributed by atoms with Gasteiger partial charge in [0, 0.05) is 12.7 Å². The molecule has 0 fully saturated rings. The standard InChI is InChI=1S/C17H17ClFN3O2/c1-10-14(8-20)17(21-11(2)16(10)18)24-9-15(23)22(3)13-6-4-12(19)5-7-13/h4-7,15,23H,9H2,1-3H3. The number of ether oxygens (including phenoxy) is 1. The van der Waals surface area contributed by atoms with Crippen LogP contribution in [0.1, 0.15) is 16.8 Å². The van der Waals surface area contributed by atoms with Gasteiger partial charge in [0.15, 0.2) is 6.23 Å². The Bertz CT molecular complexity index is 775. The molecule has 1 aromatic heterocycles. The highest BCUT2D eigenvalue weighted by Gasteiger charge is 2.18. The molecular weight excluding hydrogens is 333 g/mol. The van der Waals surface area contributed by atoms with E-state index in [1.165, 1.54) is 17.0 Å². The molecular formula is C17H17ClFN3O2. The average molecular weight is 350 g/mol. The summed E-state index contributed by atoms with van der Waals surface area (Å²) in [5, 5.41) is 19.9. The van der Waals surface area contributed by atoms with Crippen molar-refractivity contribution >= 4 is 17.3 Å². The fourth-order valence-corrected chi connectivity index (χ4v) is 2.29. The van der Waals surface area contributed by atoms with Gasteiger partial charge in [-0.3, -0.25) is 0 Å². The Hall–Kier alpha value is -2.36. The van der Waals surface area contributed by atoms with Crippen molar-refractivity contribution < 1.29 is 14.2 Å². The minimum atomic E-state index is -1.000. The first-order valence-electron chi connectivity index (χ1n) is 7.21. The van der Waals surface area contributed by atoms with E-state index in [-0.39, 0.29) is 23.9 Å². The lowest BCUT2D eigenvalue weighted by Gasteiger charge is -2.25. The minimum Gasteiger partial charge on any atom is -0.472 e. The van der Waals surface area contributed by atoms with Gasteiger partial charge in [-0.05, 0) is 43.7 Å². The summed E-state index contributed by atoms with van der Waals surface area (Å²) in [5.74, 6) is -0.226. The van der Waals surface area contributed by atoms with Gasteiger partial charge < -0.3 is 14.7 Å². The molecule has 0 aliphatic carbocycles. The number of aryl methyl sites for hydroxylation is 1. The Balaban J connectivity index is 2.13. The molecule has 0 bridgehead atoms. The summed E-state index contributed by atoms with van der Waals surface area (Å²) in [6.07, 6.45) is -1.000. The maximum atomic E-state index is 13.0. The van der Waals surface area contributed by atoms with E-state index >= 15 is 0 Å². The van der Waals surface area contributed by atoms with Crippen LogP contribution in [0.2, 0.25) is 5.02 Å². The molecule has 1 N–H and O–H groups in total. The van der Waals surface area contributed by atoms with Gasteiger partial charge in [-0.15, -0.1) is 0 Å². The van der Waals surface area contributed by atoms with Crippen LogP contribution < -0.4 is 9.64 Å². The third-order valence-electron chi connectivity index (χ3n) is 3.67. The quantitative estimate of drug-likeness (QED) is 0.839. The van der Waals surface area contributed by atoms with E-state index in [9.17, 15) is 14.8 Å². The Labute approximate surface area is 144 Å². The number of likely N-dealkylation sites (N-methyl/N-ethyl adjacent to an activating group) is 1. The second kappa shape index (κ2) is 7.47. The van der Waals surface area contributed by atoms with Crippen molar-refractivity contribution in [3.8, 4) is 11.9 Å². The number of aliphatic hydroxyl groups excluding tert-OH is 1. The molecule has 0 aliphatic rings. The lowest BCUT2D eigenvalue weighted by atomic mass is 10.1. The van der Waals surface area contributed by atoms with E-state index in [0.717, 1.165) is 0 Å². The van der Waals surface area contributed by atoms with Gasteiger partial charge in [0.1, 0.15) is 24.1 Å². The van der Waals surface area contributed by atoms with Crippen LogP contribution in [0.4, 0.5) is 10.1 Å². The monoisotopic (exact) mass is 349 g/mol. The molecule has 1 heterocycles. The van der Waals surface area contributed by atoms with Crippen molar-refractivity contribution in [3.63, 3.8) is 0 Å². The van der Waals surface area contributed by atoms with Gasteiger partial charge >= 0.3 is 0 Å². The maximum Gasteiger partial charge on any atom is 0.232 e. The van der Waals surface area contributed by atoms with E-state index < -0.39 is 6.23 Å². The molecule has 1 atom stereocenters. The molecule has 2 aromatic rings. The summed E-state index contributed by atoms with van der Waals surface area (Å²) in [6, 6.07) is 7.73. The van der Waals surface area contributed by atoms with Crippen molar-refractivity contribution in [2.24, 2.45) is 0 Å². The van der Waals surface area contributed by atoms with Crippen molar-refractivity contribution in [2.75, 3.05) is 18.6 Å². The molecule has 0 amide bonds. The van der Waals surface area contributed by atoms with Gasteiger partial charge in [0.25, 0.3) is 0 Å². The normalized spacial score (nSPS) is 11.7. The lowest BCUT2D eigenvalue weighted by molar-refractivity contribution is 0.105. The zero-order chi connectivity index (χ0) is 17.9. The SMILES string of the molecule is Cc1nc(OCC(O)N(C)c2ccc(F)cc2)c(C#N)c(C)c1Cl. The number of rotatable bonds is 5. The number of anilines is 1. The number of halogens is 2. The first kappa shape index (κ1) is 18.0. The predicted octanol–water partition coefficient (Wildman–Crippen LogP) is 3.20. The Morgan fingerprint density at radius 2 is 2.00 bits per heavy atom. The Kier molecular flexibility index (Phi) is 5.60. The zero-order valence-corrected chi connectivity index (χ0v) is 14.3. The van der Waals surface area contributed by atoms with Crippen LogP contribution in [-0.4, -0.2) is 30.0 Å².